The molecule has 1 fully saturated rings. The zero-order chi connectivity index (χ0) is 29.6. The van der Waals surface area contributed by atoms with Crippen LogP contribution in [0.4, 0.5) is 0 Å². The molecule has 12 heteroatoms. The second-order valence-corrected chi connectivity index (χ2v) is 12.5. The largest absolute Gasteiger partial charge is 0.493 e. The van der Waals surface area contributed by atoms with E-state index in [0.29, 0.717) is 67.9 Å². The fourth-order valence-electron chi connectivity index (χ4n) is 5.12. The Bertz CT molecular complexity index is 1520. The minimum absolute atomic E-state index is 0.109. The number of H-pyrrole nitrogens is 1. The molecule has 4 rings (SSSR count). The Morgan fingerprint density at radius 1 is 1.12 bits per heavy atom. The number of ether oxygens (including phenoxy) is 2. The normalized spacial score (nSPS) is 14.3. The monoisotopic (exact) mass is 587 g/mol. The summed E-state index contributed by atoms with van der Waals surface area (Å²) < 4.78 is 41.0. The number of aryl methyl sites for hydroxylation is 2. The van der Waals surface area contributed by atoms with Crippen molar-refractivity contribution in [3.63, 3.8) is 0 Å². The summed E-state index contributed by atoms with van der Waals surface area (Å²) in [5.74, 6) is 0.719. The van der Waals surface area contributed by atoms with Crippen LogP contribution in [-0.2, 0) is 33.0 Å². The lowest BCUT2D eigenvalue weighted by atomic mass is 9.98. The summed E-state index contributed by atoms with van der Waals surface area (Å²) in [5, 5.41) is 4.47. The SMILES string of the molecule is CCCCCC(=O)OCCCC1CN(S(=O)(=O)c2ccc(OCC)c(-c3nc4c(CCC)nn(C)c4c(=O)[nH]3)c2)C1. The number of sulfonamides is 1. The van der Waals surface area contributed by atoms with Gasteiger partial charge in [-0.25, -0.2) is 13.4 Å². The van der Waals surface area contributed by atoms with Gasteiger partial charge in [-0.15, -0.1) is 0 Å². The van der Waals surface area contributed by atoms with Crippen molar-refractivity contribution in [1.82, 2.24) is 24.1 Å². The van der Waals surface area contributed by atoms with Gasteiger partial charge in [0.2, 0.25) is 10.0 Å². The molecule has 2 aromatic heterocycles. The van der Waals surface area contributed by atoms with Crippen LogP contribution in [0.1, 0.15) is 71.4 Å². The summed E-state index contributed by atoms with van der Waals surface area (Å²) >= 11 is 0. The molecule has 0 bridgehead atoms. The van der Waals surface area contributed by atoms with E-state index < -0.39 is 10.0 Å². The molecule has 224 valence electrons. The van der Waals surface area contributed by atoms with E-state index in [1.165, 1.54) is 21.1 Å². The average Bonchev–Trinajstić information content (AvgIpc) is 3.23. The number of nitrogens with one attached hydrogen (secondary N) is 1. The highest BCUT2D eigenvalue weighted by Crippen LogP contribution is 2.34. The second kappa shape index (κ2) is 13.6. The van der Waals surface area contributed by atoms with E-state index in [9.17, 15) is 18.0 Å². The van der Waals surface area contributed by atoms with Gasteiger partial charge >= 0.3 is 5.97 Å². The second-order valence-electron chi connectivity index (χ2n) is 10.5. The predicted octanol–water partition coefficient (Wildman–Crippen LogP) is 4.20. The van der Waals surface area contributed by atoms with E-state index in [0.717, 1.165) is 37.8 Å². The minimum atomic E-state index is -3.76. The molecule has 1 aliphatic rings. The number of benzene rings is 1. The van der Waals surface area contributed by atoms with E-state index in [4.69, 9.17) is 14.5 Å². The summed E-state index contributed by atoms with van der Waals surface area (Å²) in [7, 11) is -2.06. The number of nitrogens with zero attached hydrogens (tertiary/aromatic N) is 4. The Hall–Kier alpha value is -3.25. The molecular formula is C29H41N5O6S. The van der Waals surface area contributed by atoms with Crippen molar-refractivity contribution in [3.8, 4) is 17.1 Å². The van der Waals surface area contributed by atoms with Crippen molar-refractivity contribution in [2.45, 2.75) is 77.0 Å². The minimum Gasteiger partial charge on any atom is -0.493 e. The fourth-order valence-corrected chi connectivity index (χ4v) is 6.73. The molecule has 1 aromatic carbocycles. The lowest BCUT2D eigenvalue weighted by Gasteiger charge is -2.38. The highest BCUT2D eigenvalue weighted by Gasteiger charge is 2.36. The smallest absolute Gasteiger partial charge is 0.305 e. The van der Waals surface area contributed by atoms with Crippen LogP contribution in [0.25, 0.3) is 22.4 Å². The molecular weight excluding hydrogens is 546 g/mol. The number of carbonyl (C=O) groups is 1. The number of hydrogen-bond donors (Lipinski definition) is 1. The van der Waals surface area contributed by atoms with Gasteiger partial charge in [0.1, 0.15) is 17.1 Å². The van der Waals surface area contributed by atoms with Crippen molar-refractivity contribution in [2.24, 2.45) is 13.0 Å². The summed E-state index contributed by atoms with van der Waals surface area (Å²) in [6.45, 7) is 7.50. The number of unbranched alkanes of at least 4 members (excludes halogenated alkanes) is 2. The summed E-state index contributed by atoms with van der Waals surface area (Å²) in [4.78, 5) is 32.4. The predicted molar refractivity (Wildman–Crippen MR) is 156 cm³/mol. The van der Waals surface area contributed by atoms with E-state index in [1.807, 2.05) is 13.8 Å². The maximum absolute atomic E-state index is 13.5. The Morgan fingerprint density at radius 3 is 2.61 bits per heavy atom. The standard InChI is InChI=1S/C29H41N5O6S/c1-5-8-9-13-25(35)40-16-10-12-20-18-34(19-20)41(37,38)21-14-15-24(39-7-3)22(17-21)28-30-26-23(11-6-2)32-33(4)27(26)29(36)31-28/h14-15,17,20H,5-13,16,18-19H2,1-4H3,(H,30,31,36). The molecule has 0 radical (unpaired) electrons. The third-order valence-corrected chi connectivity index (χ3v) is 9.15. The van der Waals surface area contributed by atoms with Gasteiger partial charge < -0.3 is 14.5 Å². The van der Waals surface area contributed by atoms with E-state index in [2.05, 4.69) is 17.0 Å². The number of hydrogen-bond acceptors (Lipinski definition) is 8. The lowest BCUT2D eigenvalue weighted by molar-refractivity contribution is -0.144. The van der Waals surface area contributed by atoms with Gasteiger partial charge in [-0.2, -0.15) is 9.40 Å². The van der Waals surface area contributed by atoms with Gasteiger partial charge in [-0.1, -0.05) is 33.1 Å². The van der Waals surface area contributed by atoms with Gasteiger partial charge in [-0.3, -0.25) is 14.3 Å². The van der Waals surface area contributed by atoms with Crippen LogP contribution in [0, 0.1) is 5.92 Å². The fraction of sp³-hybridized carbons (Fsp3) is 0.586. The number of aromatic amines is 1. The molecule has 0 amide bonds. The maximum atomic E-state index is 13.5. The van der Waals surface area contributed by atoms with Gasteiger partial charge in [0.25, 0.3) is 5.56 Å². The van der Waals surface area contributed by atoms with Crippen molar-refractivity contribution in [3.05, 3.63) is 34.2 Å². The van der Waals surface area contributed by atoms with E-state index in [-0.39, 0.29) is 28.2 Å². The Kier molecular flexibility index (Phi) is 10.2. The van der Waals surface area contributed by atoms with Gasteiger partial charge in [0.05, 0.1) is 29.4 Å². The van der Waals surface area contributed by atoms with E-state index in [1.54, 1.807) is 13.1 Å². The molecule has 0 spiro atoms. The van der Waals surface area contributed by atoms with Crippen LogP contribution in [0.3, 0.4) is 0 Å². The summed E-state index contributed by atoms with van der Waals surface area (Å²) in [5.41, 5.74) is 1.64. The molecule has 3 heterocycles. The molecule has 11 nitrogen and oxygen atoms in total. The molecule has 1 aliphatic heterocycles. The molecule has 41 heavy (non-hydrogen) atoms. The Balaban J connectivity index is 1.48. The molecule has 0 atom stereocenters. The number of fused-ring (bicyclic) bond motifs is 1. The van der Waals surface area contributed by atoms with Crippen LogP contribution in [-0.4, -0.2) is 64.7 Å². The average molecular weight is 588 g/mol. The van der Waals surface area contributed by atoms with Crippen molar-refractivity contribution in [2.75, 3.05) is 26.3 Å². The zero-order valence-corrected chi connectivity index (χ0v) is 25.3. The van der Waals surface area contributed by atoms with Gasteiger partial charge in [0.15, 0.2) is 5.52 Å². The first-order valence-electron chi connectivity index (χ1n) is 14.6. The Labute approximate surface area is 241 Å². The van der Waals surface area contributed by atoms with Crippen LogP contribution in [0.5, 0.6) is 5.75 Å². The van der Waals surface area contributed by atoms with Crippen LogP contribution in [0.2, 0.25) is 0 Å². The van der Waals surface area contributed by atoms with Gasteiger partial charge in [0, 0.05) is 26.6 Å². The first kappa shape index (κ1) is 30.7. The van der Waals surface area contributed by atoms with Crippen molar-refractivity contribution >= 4 is 27.0 Å². The zero-order valence-electron chi connectivity index (χ0n) is 24.4. The van der Waals surface area contributed by atoms with E-state index >= 15 is 0 Å². The molecule has 0 aliphatic carbocycles. The van der Waals surface area contributed by atoms with Gasteiger partial charge in [-0.05, 0) is 56.7 Å². The first-order chi connectivity index (χ1) is 19.7. The third kappa shape index (κ3) is 6.98. The summed E-state index contributed by atoms with van der Waals surface area (Å²) in [6.07, 6.45) is 6.39. The number of esters is 1. The molecule has 0 saturated carbocycles. The highest BCUT2D eigenvalue weighted by molar-refractivity contribution is 7.89. The molecule has 1 N–H and O–H groups in total. The summed E-state index contributed by atoms with van der Waals surface area (Å²) in [6, 6.07) is 4.65. The highest BCUT2D eigenvalue weighted by atomic mass is 32.2. The first-order valence-corrected chi connectivity index (χ1v) is 16.0. The maximum Gasteiger partial charge on any atom is 0.305 e. The van der Waals surface area contributed by atoms with Crippen molar-refractivity contribution < 1.29 is 22.7 Å². The van der Waals surface area contributed by atoms with Crippen LogP contribution >= 0.6 is 0 Å². The number of rotatable bonds is 15. The molecule has 3 aromatic rings. The lowest BCUT2D eigenvalue weighted by Crippen LogP contribution is -2.49. The molecule has 1 saturated heterocycles. The Morgan fingerprint density at radius 2 is 1.90 bits per heavy atom. The van der Waals surface area contributed by atoms with Crippen LogP contribution < -0.4 is 10.3 Å². The molecule has 0 unspecified atom stereocenters. The third-order valence-electron chi connectivity index (χ3n) is 7.32. The number of carbonyl (C=O) groups excluding carboxylic acids is 1. The van der Waals surface area contributed by atoms with Crippen molar-refractivity contribution in [1.29, 1.82) is 0 Å². The quantitative estimate of drug-likeness (QED) is 0.206. The van der Waals surface area contributed by atoms with Crippen LogP contribution in [0.15, 0.2) is 27.9 Å². The topological polar surface area (TPSA) is 136 Å². The number of aromatic nitrogens is 4.